The van der Waals surface area contributed by atoms with Crippen LogP contribution in [0.4, 0.5) is 4.79 Å². The summed E-state index contributed by atoms with van der Waals surface area (Å²) in [5, 5.41) is 3.19. The predicted octanol–water partition coefficient (Wildman–Crippen LogP) is 3.21. The molecule has 140 valence electrons. The first-order chi connectivity index (χ1) is 12.5. The average Bonchev–Trinajstić information content (AvgIpc) is 3.04. The second-order valence-electron chi connectivity index (χ2n) is 7.37. The Bertz CT molecular complexity index is 748. The van der Waals surface area contributed by atoms with E-state index < -0.39 is 0 Å². The number of para-hydroxylation sites is 1. The van der Waals surface area contributed by atoms with Gasteiger partial charge in [0.2, 0.25) is 0 Å². The topological polar surface area (TPSA) is 59.4 Å². The van der Waals surface area contributed by atoms with Crippen LogP contribution in [0.5, 0.6) is 5.75 Å². The number of rotatable bonds is 4. The molecule has 1 aliphatic heterocycles. The average molecular weight is 356 g/mol. The zero-order valence-electron chi connectivity index (χ0n) is 16.0. The smallest absolute Gasteiger partial charge is 0.318 e. The Kier molecular flexibility index (Phi) is 5.49. The Morgan fingerprint density at radius 3 is 2.58 bits per heavy atom. The van der Waals surface area contributed by atoms with Crippen molar-refractivity contribution in [2.45, 2.75) is 26.3 Å². The molecule has 1 N–H and O–H groups in total. The maximum atomic E-state index is 13.0. The highest BCUT2D eigenvalue weighted by Gasteiger charge is 2.29. The van der Waals surface area contributed by atoms with Crippen molar-refractivity contribution in [1.82, 2.24) is 19.8 Å². The third kappa shape index (κ3) is 3.84. The van der Waals surface area contributed by atoms with Gasteiger partial charge < -0.3 is 19.5 Å². The molecule has 2 heterocycles. The molecule has 1 saturated heterocycles. The number of carbonyl (C=O) groups excluding carboxylic acids is 1. The molecule has 3 rings (SSSR count). The number of methoxy groups -OCH3 is 1. The van der Waals surface area contributed by atoms with Crippen molar-refractivity contribution in [3.05, 3.63) is 48.0 Å². The summed E-state index contributed by atoms with van der Waals surface area (Å²) in [6, 6.07) is 7.33. The van der Waals surface area contributed by atoms with Gasteiger partial charge in [0.1, 0.15) is 17.6 Å². The van der Waals surface area contributed by atoms with Crippen LogP contribution in [-0.4, -0.2) is 40.7 Å². The molecule has 6 heteroatoms. The molecule has 1 aromatic carbocycles. The van der Waals surface area contributed by atoms with Gasteiger partial charge in [-0.1, -0.05) is 32.0 Å². The van der Waals surface area contributed by atoms with Crippen molar-refractivity contribution in [2.75, 3.05) is 20.2 Å². The lowest BCUT2D eigenvalue weighted by Crippen LogP contribution is -2.48. The molecule has 6 nitrogen and oxygen atoms in total. The summed E-state index contributed by atoms with van der Waals surface area (Å²) in [6.45, 7) is 5.98. The monoisotopic (exact) mass is 356 g/mol. The van der Waals surface area contributed by atoms with Gasteiger partial charge in [0.05, 0.1) is 7.11 Å². The van der Waals surface area contributed by atoms with E-state index >= 15 is 0 Å². The van der Waals surface area contributed by atoms with E-state index in [0.717, 1.165) is 30.2 Å². The van der Waals surface area contributed by atoms with Gasteiger partial charge in [0.25, 0.3) is 0 Å². The van der Waals surface area contributed by atoms with E-state index in [1.165, 1.54) is 6.42 Å². The lowest BCUT2D eigenvalue weighted by atomic mass is 9.92. The van der Waals surface area contributed by atoms with Crippen LogP contribution in [0.15, 0.2) is 36.7 Å². The van der Waals surface area contributed by atoms with E-state index in [0.29, 0.717) is 11.8 Å². The van der Waals surface area contributed by atoms with Gasteiger partial charge in [-0.25, -0.2) is 9.78 Å². The third-order valence-corrected chi connectivity index (χ3v) is 4.99. The molecular formula is C20H28N4O2. The number of urea groups is 1. The minimum atomic E-state index is -0.369. The molecule has 1 aliphatic rings. The van der Waals surface area contributed by atoms with Gasteiger partial charge in [0, 0.05) is 38.1 Å². The molecule has 0 bridgehead atoms. The lowest BCUT2D eigenvalue weighted by Gasteiger charge is -2.36. The van der Waals surface area contributed by atoms with Gasteiger partial charge in [-0.05, 0) is 24.3 Å². The minimum Gasteiger partial charge on any atom is -0.496 e. The van der Waals surface area contributed by atoms with Crippen LogP contribution >= 0.6 is 0 Å². The lowest BCUT2D eigenvalue weighted by molar-refractivity contribution is 0.144. The molecule has 0 aliphatic carbocycles. The van der Waals surface area contributed by atoms with Crippen LogP contribution in [0.25, 0.3) is 0 Å². The maximum Gasteiger partial charge on any atom is 0.318 e. The maximum absolute atomic E-state index is 13.0. The van der Waals surface area contributed by atoms with E-state index in [4.69, 9.17) is 4.74 Å². The highest BCUT2D eigenvalue weighted by Crippen LogP contribution is 2.29. The quantitative estimate of drug-likeness (QED) is 0.915. The standard InChI is InChI=1S/C20H28N4O2/c1-14-11-15(2)13-24(12-14)20(25)22-18(19-21-9-10-23(19)3)16-7-5-6-8-17(16)26-4/h5-10,14-15,18H,11-13H2,1-4H3,(H,22,25). The SMILES string of the molecule is COc1ccccc1C(NC(=O)N1CC(C)CC(C)C1)c1nccn1C. The van der Waals surface area contributed by atoms with Crippen molar-refractivity contribution >= 4 is 6.03 Å². The molecule has 2 aromatic rings. The van der Waals surface area contributed by atoms with Crippen LogP contribution in [0.1, 0.15) is 37.7 Å². The van der Waals surface area contributed by atoms with Gasteiger partial charge >= 0.3 is 6.03 Å². The molecule has 0 spiro atoms. The van der Waals surface area contributed by atoms with E-state index in [1.807, 2.05) is 47.0 Å². The van der Waals surface area contributed by atoms with E-state index in [9.17, 15) is 4.79 Å². The predicted molar refractivity (Wildman–Crippen MR) is 101 cm³/mol. The summed E-state index contributed by atoms with van der Waals surface area (Å²) >= 11 is 0. The zero-order chi connectivity index (χ0) is 18.7. The molecule has 3 unspecified atom stereocenters. The molecular weight excluding hydrogens is 328 g/mol. The number of aryl methyl sites for hydroxylation is 1. The van der Waals surface area contributed by atoms with Crippen LogP contribution in [0.2, 0.25) is 0 Å². The van der Waals surface area contributed by atoms with Crippen LogP contribution in [0.3, 0.4) is 0 Å². The molecule has 26 heavy (non-hydrogen) atoms. The number of piperidine rings is 1. The number of aromatic nitrogens is 2. The number of ether oxygens (including phenoxy) is 1. The summed E-state index contributed by atoms with van der Waals surface area (Å²) in [5.74, 6) is 2.55. The van der Waals surface area contributed by atoms with E-state index in [1.54, 1.807) is 13.3 Å². The Balaban J connectivity index is 1.89. The number of nitrogens with zero attached hydrogens (tertiary/aromatic N) is 3. The summed E-state index contributed by atoms with van der Waals surface area (Å²) in [6.07, 6.45) is 4.79. The van der Waals surface area contributed by atoms with Crippen molar-refractivity contribution < 1.29 is 9.53 Å². The Morgan fingerprint density at radius 1 is 1.27 bits per heavy atom. The van der Waals surface area contributed by atoms with Crippen LogP contribution in [0, 0.1) is 11.8 Å². The van der Waals surface area contributed by atoms with Crippen LogP contribution < -0.4 is 10.1 Å². The second kappa shape index (κ2) is 7.81. The zero-order valence-corrected chi connectivity index (χ0v) is 16.0. The molecule has 1 aromatic heterocycles. The molecule has 2 amide bonds. The first kappa shape index (κ1) is 18.3. The Morgan fingerprint density at radius 2 is 1.96 bits per heavy atom. The third-order valence-electron chi connectivity index (χ3n) is 4.99. The molecule has 1 fully saturated rings. The normalized spacial score (nSPS) is 21.3. The van der Waals surface area contributed by atoms with Gasteiger partial charge in [0.15, 0.2) is 0 Å². The first-order valence-electron chi connectivity index (χ1n) is 9.15. The summed E-state index contributed by atoms with van der Waals surface area (Å²) in [5.41, 5.74) is 0.899. The summed E-state index contributed by atoms with van der Waals surface area (Å²) in [7, 11) is 3.58. The van der Waals surface area contributed by atoms with Crippen molar-refractivity contribution in [3.8, 4) is 5.75 Å². The fourth-order valence-electron chi connectivity index (χ4n) is 3.89. The number of likely N-dealkylation sites (tertiary alicyclic amines) is 1. The second-order valence-corrected chi connectivity index (χ2v) is 7.37. The highest BCUT2D eigenvalue weighted by molar-refractivity contribution is 5.75. The van der Waals surface area contributed by atoms with Crippen molar-refractivity contribution in [2.24, 2.45) is 18.9 Å². The molecule has 3 atom stereocenters. The first-order valence-corrected chi connectivity index (χ1v) is 9.15. The Labute approximate surface area is 155 Å². The van der Waals surface area contributed by atoms with E-state index in [2.05, 4.69) is 24.1 Å². The largest absolute Gasteiger partial charge is 0.496 e. The molecule has 0 radical (unpaired) electrons. The fourth-order valence-corrected chi connectivity index (χ4v) is 3.89. The number of amides is 2. The van der Waals surface area contributed by atoms with E-state index in [-0.39, 0.29) is 12.1 Å². The number of carbonyl (C=O) groups is 1. The number of benzene rings is 1. The number of nitrogens with one attached hydrogen (secondary N) is 1. The van der Waals surface area contributed by atoms with Crippen LogP contribution in [-0.2, 0) is 7.05 Å². The number of hydrogen-bond acceptors (Lipinski definition) is 3. The van der Waals surface area contributed by atoms with Crippen molar-refractivity contribution in [1.29, 1.82) is 0 Å². The fraction of sp³-hybridized carbons (Fsp3) is 0.500. The highest BCUT2D eigenvalue weighted by atomic mass is 16.5. The Hall–Kier alpha value is -2.50. The minimum absolute atomic E-state index is 0.0534. The summed E-state index contributed by atoms with van der Waals surface area (Å²) in [4.78, 5) is 19.4. The number of hydrogen-bond donors (Lipinski definition) is 1. The van der Waals surface area contributed by atoms with Gasteiger partial charge in [-0.3, -0.25) is 0 Å². The number of imidazole rings is 1. The summed E-state index contributed by atoms with van der Waals surface area (Å²) < 4.78 is 7.45. The molecule has 0 saturated carbocycles. The van der Waals surface area contributed by atoms with Gasteiger partial charge in [-0.2, -0.15) is 0 Å². The van der Waals surface area contributed by atoms with Gasteiger partial charge in [-0.15, -0.1) is 0 Å². The van der Waals surface area contributed by atoms with Crippen molar-refractivity contribution in [3.63, 3.8) is 0 Å².